The van der Waals surface area contributed by atoms with Gasteiger partial charge in [0, 0.05) is 5.92 Å². The number of rotatable bonds is 3. The average molecular weight is 204 g/mol. The normalized spacial score (nSPS) is 30.3. The first-order valence-electron chi connectivity index (χ1n) is 5.28. The van der Waals surface area contributed by atoms with E-state index in [0.29, 0.717) is 6.61 Å². The fourth-order valence-electron chi connectivity index (χ4n) is 2.11. The quantitative estimate of drug-likeness (QED) is 0.766. The molecular formula is C13H16O2. The van der Waals surface area contributed by atoms with Crippen molar-refractivity contribution in [1.82, 2.24) is 0 Å². The van der Waals surface area contributed by atoms with Crippen molar-refractivity contribution in [3.05, 3.63) is 48.6 Å². The molecule has 1 saturated heterocycles. The Kier molecular flexibility index (Phi) is 3.19. The third-order valence-corrected chi connectivity index (χ3v) is 2.90. The summed E-state index contributed by atoms with van der Waals surface area (Å²) in [6, 6.07) is 10.1. The van der Waals surface area contributed by atoms with Crippen LogP contribution in [0.2, 0.25) is 0 Å². The van der Waals surface area contributed by atoms with Gasteiger partial charge in [0.05, 0.1) is 18.8 Å². The van der Waals surface area contributed by atoms with Crippen molar-refractivity contribution < 1.29 is 9.84 Å². The van der Waals surface area contributed by atoms with Gasteiger partial charge in [-0.1, -0.05) is 36.4 Å². The molecule has 1 aliphatic rings. The van der Waals surface area contributed by atoms with Gasteiger partial charge in [0.1, 0.15) is 0 Å². The zero-order valence-corrected chi connectivity index (χ0v) is 8.67. The third-order valence-electron chi connectivity index (χ3n) is 2.90. The molecule has 0 aromatic heterocycles. The topological polar surface area (TPSA) is 29.5 Å². The second-order valence-electron chi connectivity index (χ2n) is 3.92. The first kappa shape index (κ1) is 10.4. The van der Waals surface area contributed by atoms with Crippen molar-refractivity contribution in [3.63, 3.8) is 0 Å². The summed E-state index contributed by atoms with van der Waals surface area (Å²) in [4.78, 5) is 0. The van der Waals surface area contributed by atoms with Crippen LogP contribution in [0.25, 0.3) is 0 Å². The van der Waals surface area contributed by atoms with Crippen molar-refractivity contribution >= 4 is 0 Å². The van der Waals surface area contributed by atoms with E-state index in [4.69, 9.17) is 4.74 Å². The van der Waals surface area contributed by atoms with Crippen LogP contribution in [0.3, 0.4) is 0 Å². The lowest BCUT2D eigenvalue weighted by atomic mass is 9.91. The summed E-state index contributed by atoms with van der Waals surface area (Å²) >= 11 is 0. The molecular weight excluding hydrogens is 188 g/mol. The maximum absolute atomic E-state index is 9.78. The Morgan fingerprint density at radius 1 is 1.40 bits per heavy atom. The minimum Gasteiger partial charge on any atom is -0.390 e. The summed E-state index contributed by atoms with van der Waals surface area (Å²) in [6.45, 7) is 4.15. The Bertz CT molecular complexity index is 321. The van der Waals surface area contributed by atoms with Crippen molar-refractivity contribution in [2.24, 2.45) is 5.92 Å². The third kappa shape index (κ3) is 2.11. The second kappa shape index (κ2) is 4.60. The largest absolute Gasteiger partial charge is 0.390 e. The predicted molar refractivity (Wildman–Crippen MR) is 59.4 cm³/mol. The summed E-state index contributed by atoms with van der Waals surface area (Å²) in [5.74, 6) is 0.143. The number of hydrogen-bond donors (Lipinski definition) is 1. The van der Waals surface area contributed by atoms with Gasteiger partial charge in [0.25, 0.3) is 0 Å². The Labute approximate surface area is 90.2 Å². The molecule has 0 bridgehead atoms. The van der Waals surface area contributed by atoms with Gasteiger partial charge in [0.2, 0.25) is 0 Å². The van der Waals surface area contributed by atoms with Gasteiger partial charge in [-0.25, -0.2) is 0 Å². The lowest BCUT2D eigenvalue weighted by Crippen LogP contribution is -2.18. The van der Waals surface area contributed by atoms with Gasteiger partial charge in [-0.2, -0.15) is 0 Å². The van der Waals surface area contributed by atoms with Crippen LogP contribution in [0.5, 0.6) is 0 Å². The second-order valence-corrected chi connectivity index (χ2v) is 3.92. The van der Waals surface area contributed by atoms with Crippen LogP contribution in [-0.4, -0.2) is 17.8 Å². The number of aliphatic hydroxyl groups excluding tert-OH is 1. The molecule has 0 aliphatic carbocycles. The Balaban J connectivity index is 2.18. The maximum Gasteiger partial charge on any atom is 0.0882 e. The molecule has 2 rings (SSSR count). The zero-order valence-electron chi connectivity index (χ0n) is 8.67. The standard InChI is InChI=1S/C13H16O2/c1-2-6-11-12(14)9-15-13(11)10-7-4-3-5-8-10/h2-5,7-8,11-14H,1,6,9H2/t11-,12+,13+/m1/s1. The molecule has 1 fully saturated rings. The maximum atomic E-state index is 9.78. The van der Waals surface area contributed by atoms with Gasteiger partial charge < -0.3 is 9.84 Å². The molecule has 0 spiro atoms. The van der Waals surface area contributed by atoms with E-state index in [2.05, 4.69) is 6.58 Å². The molecule has 80 valence electrons. The summed E-state index contributed by atoms with van der Waals surface area (Å²) in [6.07, 6.45) is 2.28. The van der Waals surface area contributed by atoms with Crippen molar-refractivity contribution in [1.29, 1.82) is 0 Å². The Morgan fingerprint density at radius 3 is 2.80 bits per heavy atom. The number of aliphatic hydroxyl groups is 1. The number of benzene rings is 1. The molecule has 15 heavy (non-hydrogen) atoms. The molecule has 1 heterocycles. The van der Waals surface area contributed by atoms with Crippen molar-refractivity contribution in [3.8, 4) is 0 Å². The fourth-order valence-corrected chi connectivity index (χ4v) is 2.11. The highest BCUT2D eigenvalue weighted by molar-refractivity contribution is 5.20. The SMILES string of the molecule is C=CC[C@@H]1[C@@H](O)CO[C@H]1c1ccccc1. The minimum atomic E-state index is -0.367. The first-order valence-corrected chi connectivity index (χ1v) is 5.28. The van der Waals surface area contributed by atoms with E-state index < -0.39 is 0 Å². The molecule has 2 nitrogen and oxygen atoms in total. The average Bonchev–Trinajstić information content (AvgIpc) is 2.63. The molecule has 2 heteroatoms. The highest BCUT2D eigenvalue weighted by Crippen LogP contribution is 2.36. The Hall–Kier alpha value is -1.12. The lowest BCUT2D eigenvalue weighted by Gasteiger charge is -2.18. The number of ether oxygens (including phenoxy) is 1. The molecule has 1 aromatic rings. The lowest BCUT2D eigenvalue weighted by molar-refractivity contribution is 0.0859. The molecule has 1 aliphatic heterocycles. The van der Waals surface area contributed by atoms with E-state index in [0.717, 1.165) is 12.0 Å². The predicted octanol–water partition coefficient (Wildman–Crippen LogP) is 2.31. The molecule has 0 saturated carbocycles. The smallest absolute Gasteiger partial charge is 0.0882 e. The van der Waals surface area contributed by atoms with Gasteiger partial charge in [-0.15, -0.1) is 6.58 Å². The molecule has 3 atom stereocenters. The summed E-state index contributed by atoms with van der Waals surface area (Å²) in [5.41, 5.74) is 1.14. The van der Waals surface area contributed by atoms with E-state index in [-0.39, 0.29) is 18.1 Å². The van der Waals surface area contributed by atoms with Crippen LogP contribution in [0.1, 0.15) is 18.1 Å². The van der Waals surface area contributed by atoms with Crippen LogP contribution in [0.15, 0.2) is 43.0 Å². The van der Waals surface area contributed by atoms with Crippen LogP contribution in [0.4, 0.5) is 0 Å². The zero-order chi connectivity index (χ0) is 10.7. The molecule has 0 radical (unpaired) electrons. The van der Waals surface area contributed by atoms with Gasteiger partial charge in [0.15, 0.2) is 0 Å². The summed E-state index contributed by atoms with van der Waals surface area (Å²) in [5, 5.41) is 9.78. The van der Waals surface area contributed by atoms with Crippen molar-refractivity contribution in [2.45, 2.75) is 18.6 Å². The van der Waals surface area contributed by atoms with E-state index in [1.54, 1.807) is 0 Å². The molecule has 1 N–H and O–H groups in total. The number of allylic oxidation sites excluding steroid dienone is 1. The highest BCUT2D eigenvalue weighted by Gasteiger charge is 2.35. The molecule has 0 unspecified atom stereocenters. The van der Waals surface area contributed by atoms with Gasteiger partial charge in [-0.3, -0.25) is 0 Å². The molecule has 0 amide bonds. The molecule has 1 aromatic carbocycles. The highest BCUT2D eigenvalue weighted by atomic mass is 16.5. The minimum absolute atomic E-state index is 0.0131. The fraction of sp³-hybridized carbons (Fsp3) is 0.385. The van der Waals surface area contributed by atoms with Crippen LogP contribution in [0, 0.1) is 5.92 Å². The van der Waals surface area contributed by atoms with Crippen LogP contribution >= 0.6 is 0 Å². The van der Waals surface area contributed by atoms with Crippen molar-refractivity contribution in [2.75, 3.05) is 6.61 Å². The van der Waals surface area contributed by atoms with E-state index in [1.807, 2.05) is 36.4 Å². The van der Waals surface area contributed by atoms with Gasteiger partial charge >= 0.3 is 0 Å². The summed E-state index contributed by atoms with van der Waals surface area (Å²) in [7, 11) is 0. The van der Waals surface area contributed by atoms with Crippen LogP contribution < -0.4 is 0 Å². The van der Waals surface area contributed by atoms with E-state index in [9.17, 15) is 5.11 Å². The van der Waals surface area contributed by atoms with Gasteiger partial charge in [-0.05, 0) is 12.0 Å². The summed E-state index contributed by atoms with van der Waals surface area (Å²) < 4.78 is 5.62. The van der Waals surface area contributed by atoms with E-state index in [1.165, 1.54) is 0 Å². The Morgan fingerprint density at radius 2 is 2.13 bits per heavy atom. The monoisotopic (exact) mass is 204 g/mol. The van der Waals surface area contributed by atoms with E-state index >= 15 is 0 Å². The number of hydrogen-bond acceptors (Lipinski definition) is 2. The first-order chi connectivity index (χ1) is 7.33. The van der Waals surface area contributed by atoms with Crippen LogP contribution in [-0.2, 0) is 4.74 Å².